The van der Waals surface area contributed by atoms with E-state index in [-0.39, 0.29) is 35.4 Å². The van der Waals surface area contributed by atoms with Gasteiger partial charge in [0.1, 0.15) is 15.7 Å². The van der Waals surface area contributed by atoms with Crippen LogP contribution in [0, 0.1) is 12.7 Å². The van der Waals surface area contributed by atoms with Crippen molar-refractivity contribution in [1.82, 2.24) is 19.1 Å². The lowest BCUT2D eigenvalue weighted by Gasteiger charge is -2.20. The average Bonchev–Trinajstić information content (AvgIpc) is 3.15. The van der Waals surface area contributed by atoms with Gasteiger partial charge in [0, 0.05) is 18.0 Å². The third-order valence-electron chi connectivity index (χ3n) is 6.30. The van der Waals surface area contributed by atoms with Crippen LogP contribution in [0.15, 0.2) is 47.4 Å². The first-order valence-electron chi connectivity index (χ1n) is 12.9. The van der Waals surface area contributed by atoms with Crippen LogP contribution in [0.5, 0.6) is 11.6 Å². The van der Waals surface area contributed by atoms with Gasteiger partial charge in [-0.05, 0) is 63.1 Å². The maximum Gasteiger partial charge on any atom is 0.331 e. The molecular formula is C28H31F3N4O5S. The molecule has 0 radical (unpaired) electrons. The van der Waals surface area contributed by atoms with Crippen LogP contribution >= 0.6 is 0 Å². The van der Waals surface area contributed by atoms with Crippen molar-refractivity contribution in [2.45, 2.75) is 52.8 Å². The van der Waals surface area contributed by atoms with Gasteiger partial charge in [-0.1, -0.05) is 12.1 Å². The summed E-state index contributed by atoms with van der Waals surface area (Å²) in [6.07, 6.45) is -0.631. The van der Waals surface area contributed by atoms with Crippen LogP contribution in [0.1, 0.15) is 38.1 Å². The van der Waals surface area contributed by atoms with Crippen LogP contribution in [0.25, 0.3) is 22.3 Å². The number of rotatable bonds is 11. The highest BCUT2D eigenvalue weighted by Crippen LogP contribution is 2.33. The van der Waals surface area contributed by atoms with Crippen LogP contribution in [0.3, 0.4) is 0 Å². The predicted octanol–water partition coefficient (Wildman–Crippen LogP) is 4.79. The van der Waals surface area contributed by atoms with Gasteiger partial charge in [-0.3, -0.25) is 9.13 Å². The van der Waals surface area contributed by atoms with Crippen molar-refractivity contribution in [3.05, 3.63) is 70.2 Å². The molecule has 1 atom stereocenters. The van der Waals surface area contributed by atoms with E-state index in [0.29, 0.717) is 22.4 Å². The summed E-state index contributed by atoms with van der Waals surface area (Å²) in [6.45, 7) is 6.33. The number of ether oxygens (including phenoxy) is 2. The number of aryl methyl sites for hydroxylation is 1. The van der Waals surface area contributed by atoms with Gasteiger partial charge in [-0.15, -0.1) is 0 Å². The molecule has 0 fully saturated rings. The Labute approximate surface area is 235 Å². The number of aromatic nitrogens is 4. The van der Waals surface area contributed by atoms with Crippen molar-refractivity contribution >= 4 is 21.0 Å². The van der Waals surface area contributed by atoms with Gasteiger partial charge in [0.2, 0.25) is 0 Å². The molecule has 0 aliphatic carbocycles. The Kier molecular flexibility index (Phi) is 8.76. The van der Waals surface area contributed by atoms with E-state index in [2.05, 4.69) is 9.97 Å². The van der Waals surface area contributed by atoms with Gasteiger partial charge in [0.25, 0.3) is 12.3 Å². The topological polar surface area (TPSA) is 105 Å². The highest BCUT2D eigenvalue weighted by atomic mass is 32.2. The minimum atomic E-state index is -3.73. The number of alkyl halides is 2. The SMILES string of the molecule is CCOc1nc([C@@H](CS(C)(=O)=O)n2c(=O)n(CC(F)F)c3c(C)c(-c4ccc(F)cc4)cnc32)ccc1OC(C)C. The zero-order valence-corrected chi connectivity index (χ0v) is 24.1. The third kappa shape index (κ3) is 6.55. The first kappa shape index (κ1) is 30.1. The molecule has 0 saturated carbocycles. The van der Waals surface area contributed by atoms with E-state index in [1.165, 1.54) is 36.5 Å². The standard InChI is InChI=1S/C28H31F3N4O5S/c1-6-39-27-23(40-16(2)3)12-11-21(33-27)22(15-41(5,37)38)35-26-25(34(28(35)36)14-24(30)31)17(4)20(13-32-26)18-7-9-19(29)10-8-18/h7-13,16,22,24H,6,14-15H2,1-5H3/t22-/m1/s1. The molecule has 13 heteroatoms. The van der Waals surface area contributed by atoms with E-state index >= 15 is 0 Å². The summed E-state index contributed by atoms with van der Waals surface area (Å²) in [6, 6.07) is 7.40. The van der Waals surface area contributed by atoms with Gasteiger partial charge >= 0.3 is 5.69 Å². The fourth-order valence-corrected chi connectivity index (χ4v) is 5.59. The molecule has 220 valence electrons. The van der Waals surface area contributed by atoms with Gasteiger partial charge in [-0.25, -0.2) is 36.4 Å². The minimum absolute atomic E-state index is 0.00919. The first-order chi connectivity index (χ1) is 19.3. The van der Waals surface area contributed by atoms with Crippen molar-refractivity contribution < 1.29 is 31.1 Å². The number of halogens is 3. The number of sulfone groups is 1. The number of hydrogen-bond donors (Lipinski definition) is 0. The lowest BCUT2D eigenvalue weighted by Crippen LogP contribution is -2.33. The van der Waals surface area contributed by atoms with E-state index in [1.54, 1.807) is 19.9 Å². The normalized spacial score (nSPS) is 12.8. The molecule has 0 unspecified atom stereocenters. The second-order valence-corrected chi connectivity index (χ2v) is 12.1. The molecule has 9 nitrogen and oxygen atoms in total. The molecule has 0 saturated heterocycles. The molecule has 0 aliphatic heterocycles. The second-order valence-electron chi connectivity index (χ2n) is 9.88. The number of pyridine rings is 2. The summed E-state index contributed by atoms with van der Waals surface area (Å²) in [7, 11) is -3.73. The molecule has 4 aromatic rings. The summed E-state index contributed by atoms with van der Waals surface area (Å²) in [4.78, 5) is 22.8. The van der Waals surface area contributed by atoms with E-state index in [1.807, 2.05) is 13.8 Å². The van der Waals surface area contributed by atoms with Gasteiger partial charge in [0.15, 0.2) is 11.4 Å². The smallest absolute Gasteiger partial charge is 0.331 e. The third-order valence-corrected chi connectivity index (χ3v) is 7.22. The summed E-state index contributed by atoms with van der Waals surface area (Å²) in [5.74, 6) is -0.587. The molecule has 0 N–H and O–H groups in total. The van der Waals surface area contributed by atoms with Crippen molar-refractivity contribution in [3.8, 4) is 22.8 Å². The van der Waals surface area contributed by atoms with Crippen LogP contribution in [-0.2, 0) is 16.4 Å². The number of hydrogen-bond acceptors (Lipinski definition) is 7. The molecule has 3 heterocycles. The van der Waals surface area contributed by atoms with Crippen molar-refractivity contribution in [1.29, 1.82) is 0 Å². The molecule has 0 spiro atoms. The average molecular weight is 593 g/mol. The van der Waals surface area contributed by atoms with Crippen LogP contribution in [0.2, 0.25) is 0 Å². The van der Waals surface area contributed by atoms with Crippen LogP contribution < -0.4 is 15.2 Å². The lowest BCUT2D eigenvalue weighted by atomic mass is 10.0. The van der Waals surface area contributed by atoms with E-state index in [9.17, 15) is 26.4 Å². The number of benzene rings is 1. The van der Waals surface area contributed by atoms with Crippen molar-refractivity contribution in [3.63, 3.8) is 0 Å². The lowest BCUT2D eigenvalue weighted by molar-refractivity contribution is 0.126. The Morgan fingerprint density at radius 1 is 1.07 bits per heavy atom. The Balaban J connectivity index is 2.01. The van der Waals surface area contributed by atoms with Crippen LogP contribution in [0.4, 0.5) is 13.2 Å². The number of imidazole rings is 1. The summed E-state index contributed by atoms with van der Waals surface area (Å²) in [5, 5.41) is 0. The molecule has 0 aliphatic rings. The van der Waals surface area contributed by atoms with Crippen molar-refractivity contribution in [2.75, 3.05) is 18.6 Å². The number of fused-ring (bicyclic) bond motifs is 1. The van der Waals surface area contributed by atoms with Crippen molar-refractivity contribution in [2.24, 2.45) is 0 Å². The molecule has 0 bridgehead atoms. The van der Waals surface area contributed by atoms with E-state index in [0.717, 1.165) is 15.4 Å². The highest BCUT2D eigenvalue weighted by molar-refractivity contribution is 7.90. The Morgan fingerprint density at radius 3 is 2.34 bits per heavy atom. The second kappa shape index (κ2) is 11.9. The summed E-state index contributed by atoms with van der Waals surface area (Å²) < 4.78 is 79.6. The highest BCUT2D eigenvalue weighted by Gasteiger charge is 2.30. The zero-order valence-electron chi connectivity index (χ0n) is 23.3. The van der Waals surface area contributed by atoms with Crippen LogP contribution in [-0.4, -0.2) is 58.7 Å². The quantitative estimate of drug-likeness (QED) is 0.247. The molecule has 1 aromatic carbocycles. The summed E-state index contributed by atoms with van der Waals surface area (Å²) in [5.41, 5.74) is 0.913. The van der Waals surface area contributed by atoms with Gasteiger partial charge < -0.3 is 9.47 Å². The Hall–Kier alpha value is -3.87. The molecule has 41 heavy (non-hydrogen) atoms. The van der Waals surface area contributed by atoms with E-state index < -0.39 is 46.1 Å². The molecule has 0 amide bonds. The summed E-state index contributed by atoms with van der Waals surface area (Å²) >= 11 is 0. The predicted molar refractivity (Wildman–Crippen MR) is 149 cm³/mol. The fraction of sp³-hybridized carbons (Fsp3) is 0.393. The number of nitrogens with zero attached hydrogens (tertiary/aromatic N) is 4. The Bertz CT molecular complexity index is 1720. The Morgan fingerprint density at radius 2 is 1.76 bits per heavy atom. The van der Waals surface area contributed by atoms with Gasteiger partial charge in [0.05, 0.1) is 42.3 Å². The fourth-order valence-electron chi connectivity index (χ4n) is 4.69. The zero-order chi connectivity index (χ0) is 30.1. The van der Waals surface area contributed by atoms with Gasteiger partial charge in [-0.2, -0.15) is 0 Å². The van der Waals surface area contributed by atoms with E-state index in [4.69, 9.17) is 9.47 Å². The minimum Gasteiger partial charge on any atom is -0.485 e. The largest absolute Gasteiger partial charge is 0.485 e. The first-order valence-corrected chi connectivity index (χ1v) is 15.0. The maximum absolute atomic E-state index is 13.8. The monoisotopic (exact) mass is 592 g/mol. The molecular weight excluding hydrogens is 561 g/mol. The molecule has 4 rings (SSSR count). The maximum atomic E-state index is 13.8. The molecule has 3 aromatic heterocycles.